The second-order valence-electron chi connectivity index (χ2n) is 16.1. The molecule has 0 radical (unpaired) electrons. The number of benzene rings is 7. The van der Waals surface area contributed by atoms with E-state index >= 15 is 0 Å². The van der Waals surface area contributed by atoms with Gasteiger partial charge >= 0.3 is 1.43 Å². The number of rotatable bonds is 14. The van der Waals surface area contributed by atoms with E-state index in [1.54, 1.807) is 75.6 Å². The Morgan fingerprint density at radius 2 is 0.900 bits per heavy atom. The van der Waals surface area contributed by atoms with E-state index < -0.39 is 25.1 Å². The second-order valence-corrected chi connectivity index (χ2v) is 18.8. The van der Waals surface area contributed by atoms with Crippen LogP contribution in [0.25, 0.3) is 0 Å². The summed E-state index contributed by atoms with van der Waals surface area (Å²) in [6.45, 7) is 7.83. The molecular formula is C56H57N6O6S2-. The molecule has 0 fully saturated rings. The maximum atomic E-state index is 12.0. The number of allylic oxidation sites excluding steroid dienone is 4. The van der Waals surface area contributed by atoms with E-state index in [1.807, 2.05) is 62.4 Å². The molecule has 0 saturated carbocycles. The van der Waals surface area contributed by atoms with Crippen molar-refractivity contribution in [3.8, 4) is 0 Å². The lowest BCUT2D eigenvalue weighted by atomic mass is 10.0. The number of nitrogens with one attached hydrogen (secondary N) is 4. The van der Waals surface area contributed by atoms with Gasteiger partial charge in [-0.2, -0.15) is 0 Å². The molecule has 1 aliphatic rings. The van der Waals surface area contributed by atoms with E-state index in [9.17, 15) is 25.9 Å². The van der Waals surface area contributed by atoms with Gasteiger partial charge in [0.1, 0.15) is 20.2 Å². The zero-order chi connectivity index (χ0) is 50.3. The third-order valence-corrected chi connectivity index (χ3v) is 12.6. The average Bonchev–Trinajstić information content (AvgIpc) is 3.36. The van der Waals surface area contributed by atoms with E-state index in [-0.39, 0.29) is 18.4 Å². The van der Waals surface area contributed by atoms with E-state index in [0.717, 1.165) is 46.2 Å². The van der Waals surface area contributed by atoms with Crippen LogP contribution in [0.15, 0.2) is 202 Å². The van der Waals surface area contributed by atoms with Gasteiger partial charge in [-0.1, -0.05) is 80.1 Å². The predicted octanol–water partition coefficient (Wildman–Crippen LogP) is 12.7. The number of nitrogens with zero attached hydrogens (tertiary/aromatic N) is 2. The molecule has 0 aromatic heterocycles. The van der Waals surface area contributed by atoms with Crippen molar-refractivity contribution in [3.63, 3.8) is 0 Å². The summed E-state index contributed by atoms with van der Waals surface area (Å²) in [6.07, 6.45) is 9.09. The first kappa shape index (κ1) is 51.8. The van der Waals surface area contributed by atoms with E-state index in [0.29, 0.717) is 28.2 Å². The van der Waals surface area contributed by atoms with Crippen LogP contribution in [0.5, 0.6) is 0 Å². The highest BCUT2D eigenvalue weighted by Gasteiger charge is 2.13. The Bertz CT molecular complexity index is 3210. The first-order valence-electron chi connectivity index (χ1n) is 22.6. The number of hydrogen-bond acceptors (Lipinski definition) is 12. The first-order valence-corrected chi connectivity index (χ1v) is 25.4. The van der Waals surface area contributed by atoms with Gasteiger partial charge < -0.3 is 30.4 Å². The Kier molecular flexibility index (Phi) is 17.8. The van der Waals surface area contributed by atoms with Gasteiger partial charge in [-0.25, -0.2) is 21.8 Å². The van der Waals surface area contributed by atoms with Crippen LogP contribution in [0.1, 0.15) is 48.7 Å². The zero-order valence-electron chi connectivity index (χ0n) is 40.9. The fourth-order valence-electron chi connectivity index (χ4n) is 7.18. The van der Waals surface area contributed by atoms with Crippen LogP contribution < -0.4 is 21.3 Å². The normalized spacial score (nSPS) is 11.9. The van der Waals surface area contributed by atoms with Gasteiger partial charge in [0.05, 0.1) is 32.6 Å². The zero-order valence-corrected chi connectivity index (χ0v) is 41.5. The van der Waals surface area contributed by atoms with Crippen LogP contribution in [0.2, 0.25) is 0 Å². The first-order chi connectivity index (χ1) is 33.6. The highest BCUT2D eigenvalue weighted by atomic mass is 32.2. The van der Waals surface area contributed by atoms with E-state index in [2.05, 4.69) is 98.8 Å². The lowest BCUT2D eigenvalue weighted by Gasteiger charge is -2.17. The molecule has 0 spiro atoms. The number of aliphatic imine (C=N–C) groups is 2. The van der Waals surface area contributed by atoms with Crippen LogP contribution in [0.4, 0.5) is 45.5 Å². The van der Waals surface area contributed by atoms with Gasteiger partial charge in [0.15, 0.2) is 0 Å². The maximum Gasteiger partial charge on any atom is 1.00 e. The minimum atomic E-state index is -4.78. The van der Waals surface area contributed by atoms with Crippen molar-refractivity contribution in [1.82, 2.24) is 0 Å². The fourth-order valence-corrected chi connectivity index (χ4v) is 8.63. The molecular weight excluding hydrogens is 917 g/mol. The van der Waals surface area contributed by atoms with Crippen LogP contribution in [0, 0.1) is 13.8 Å². The topological polar surface area (TPSA) is 187 Å². The predicted molar refractivity (Wildman–Crippen MR) is 287 cm³/mol. The van der Waals surface area contributed by atoms with Gasteiger partial charge in [-0.3, -0.25) is 4.99 Å². The Morgan fingerprint density at radius 3 is 1.43 bits per heavy atom. The van der Waals surface area contributed by atoms with Crippen LogP contribution >= 0.6 is 0 Å². The molecule has 0 bridgehead atoms. The summed E-state index contributed by atoms with van der Waals surface area (Å²) < 4.78 is 71.0. The molecule has 0 aliphatic heterocycles. The molecule has 1 aliphatic carbocycles. The smallest absolute Gasteiger partial charge is 0.744 e. The van der Waals surface area contributed by atoms with E-state index in [4.69, 9.17) is 0 Å². The third kappa shape index (κ3) is 15.2. The minimum absolute atomic E-state index is 0. The minimum Gasteiger partial charge on any atom is -0.744 e. The second kappa shape index (κ2) is 24.1. The number of aryl methyl sites for hydroxylation is 2. The molecule has 7 aromatic rings. The van der Waals surface area contributed by atoms with Crippen molar-refractivity contribution in [1.29, 1.82) is 0 Å². The van der Waals surface area contributed by atoms with Crippen LogP contribution in [-0.4, -0.2) is 51.5 Å². The molecule has 12 nitrogen and oxygen atoms in total. The van der Waals surface area contributed by atoms with Gasteiger partial charge in [0, 0.05) is 48.2 Å². The van der Waals surface area contributed by atoms with Gasteiger partial charge in [-0.15, -0.1) is 0 Å². The van der Waals surface area contributed by atoms with Crippen LogP contribution in [0.3, 0.4) is 0 Å². The Labute approximate surface area is 413 Å². The summed E-state index contributed by atoms with van der Waals surface area (Å²) in [7, 11) is -5.82. The molecule has 0 atom stereocenters. The van der Waals surface area contributed by atoms with Crippen molar-refractivity contribution in [2.24, 2.45) is 9.98 Å². The molecule has 0 heterocycles. The highest BCUT2D eigenvalue weighted by Crippen LogP contribution is 2.31. The standard InChI is InChI=1S/C27H27N3O6S2.C27H25N3.C2H6/c1-18-3-6-20(26(15-18)37(31,32)33)16-19-4-7-22(8-5-19)29-24-13-14-25(27(17-24)38(34,35)36)30-23-11-9-21(28-2)10-12-23;1-20-3-5-21(6-4-20)19-22-7-9-24(10-8-22)29-26-15-17-27(18-16-26)30-25-13-11-23(28-2)12-14-25;1-2/h3-15,17,28-30H,16H2,1-2H3,(H,31,32,33)(H,34,35,36);3-18,29H,19H2,1-2H3;1-2H3/p-1. The lowest BCUT2D eigenvalue weighted by Crippen LogP contribution is -2.05. The van der Waals surface area contributed by atoms with Crippen molar-refractivity contribution in [3.05, 3.63) is 215 Å². The maximum absolute atomic E-state index is 12.0. The van der Waals surface area contributed by atoms with Crippen molar-refractivity contribution in [2.45, 2.75) is 50.3 Å². The number of hydrogen-bond donors (Lipinski definition) is 4. The molecule has 0 unspecified atom stereocenters. The number of anilines is 7. The monoisotopic (exact) mass is 973 g/mol. The Balaban J connectivity index is 0.000000258. The molecule has 70 heavy (non-hydrogen) atoms. The largest absolute Gasteiger partial charge is 1.00 e. The summed E-state index contributed by atoms with van der Waals surface area (Å²) in [5, 5.41) is 12.5. The molecule has 8 rings (SSSR count). The summed E-state index contributed by atoms with van der Waals surface area (Å²) in [5.74, 6) is 0. The van der Waals surface area contributed by atoms with Crippen molar-refractivity contribution < 1.29 is 27.4 Å². The van der Waals surface area contributed by atoms with Gasteiger partial charge in [-0.05, 0) is 176 Å². The molecule has 7 aromatic carbocycles. The summed E-state index contributed by atoms with van der Waals surface area (Å²) in [6, 6.07) is 48.8. The SMILES string of the molecule is CC.CN=C1C=CC(=Nc2ccc(Nc3ccc(Cc4ccc(C)cc4)cc3)cc2)C=C1.CNc1ccc(Nc2ccc(Nc3ccc(Cc4ccc(C)cc4S(=O)(=O)[O-])cc3)cc2S(=O)(=O)[O-])cc1.[H+]. The molecule has 0 amide bonds. The van der Waals surface area contributed by atoms with Crippen LogP contribution in [-0.2, 0) is 33.1 Å². The summed E-state index contributed by atoms with van der Waals surface area (Å²) in [5.41, 5.74) is 13.4. The lowest BCUT2D eigenvalue weighted by molar-refractivity contribution is 0.460. The summed E-state index contributed by atoms with van der Waals surface area (Å²) >= 11 is 0. The quantitative estimate of drug-likeness (QED) is 0.0603. The summed E-state index contributed by atoms with van der Waals surface area (Å²) in [4.78, 5) is 8.16. The molecule has 0 saturated heterocycles. The molecule has 4 N–H and O–H groups in total. The van der Waals surface area contributed by atoms with Crippen molar-refractivity contribution in [2.75, 3.05) is 35.4 Å². The van der Waals surface area contributed by atoms with E-state index in [1.165, 1.54) is 34.9 Å². The highest BCUT2D eigenvalue weighted by molar-refractivity contribution is 7.86. The third-order valence-electron chi connectivity index (χ3n) is 10.8. The fraction of sp³-hybridized carbons (Fsp3) is 0.143. The molecule has 360 valence electrons. The van der Waals surface area contributed by atoms with Gasteiger partial charge in [0.25, 0.3) is 0 Å². The molecule has 14 heteroatoms. The Hall–Kier alpha value is -7.62. The van der Waals surface area contributed by atoms with Crippen molar-refractivity contribution >= 4 is 77.2 Å². The van der Waals surface area contributed by atoms with Gasteiger partial charge in [0.2, 0.25) is 0 Å². The average molecular weight is 974 g/mol. The Morgan fingerprint density at radius 1 is 0.471 bits per heavy atom.